The van der Waals surface area contributed by atoms with Gasteiger partial charge in [0.2, 0.25) is 11.7 Å². The molecule has 6 N–H and O–H groups in total. The van der Waals surface area contributed by atoms with Crippen molar-refractivity contribution in [3.05, 3.63) is 24.3 Å². The van der Waals surface area contributed by atoms with Crippen molar-refractivity contribution in [2.75, 3.05) is 20.2 Å². The Bertz CT molecular complexity index is 1110. The smallest absolute Gasteiger partial charge is 0.366 e. The predicted molar refractivity (Wildman–Crippen MR) is 229 cm³/mol. The van der Waals surface area contributed by atoms with Gasteiger partial charge in [0.1, 0.15) is 0 Å². The molecule has 1 aliphatic heterocycles. The molecule has 1 rings (SSSR count). The highest BCUT2D eigenvalue weighted by Gasteiger charge is 2.41. The average Bonchev–Trinajstić information content (AvgIpc) is 3.68. The molecule has 0 spiro atoms. The number of unbranched alkanes of at least 4 members (excludes halogenated alkanes) is 21. The molecule has 0 saturated heterocycles. The second-order valence-corrected chi connectivity index (χ2v) is 16.3. The quantitative estimate of drug-likeness (QED) is 0.0284. The number of allylic oxidation sites excluding steroid dienone is 4. The van der Waals surface area contributed by atoms with E-state index >= 15 is 0 Å². The van der Waals surface area contributed by atoms with Crippen molar-refractivity contribution in [3.63, 3.8) is 0 Å². The number of ketones is 1. The van der Waals surface area contributed by atoms with Gasteiger partial charge in [-0.3, -0.25) is 23.3 Å². The molecule has 0 aromatic carbocycles. The number of aliphatic imine (C=N–C) groups is 1. The third-order valence-corrected chi connectivity index (χ3v) is 10.7. The minimum absolute atomic E-state index is 0. The standard InChI is InChI=1S/C42H77N3O2.CH4O4S.H3N/c1-5-7-9-11-13-15-17-19-21-22-24-26-28-30-32-34-39(46)45-38(3)42(4,40(47)41-43-36-37-44-41)35-33-31-29-27-25-23-20-18-16-14-12-10-8-6-2;1-5-6(2,3)4;/h19-21,23,38H,5-18,22,24-37H2,1-4H3,(H,43,44)(H,45,46);1H3,(H,2,3,4);1H3/b21-19-,23-20-;;. The summed E-state index contributed by atoms with van der Waals surface area (Å²) in [6, 6.07) is -0.222. The van der Waals surface area contributed by atoms with E-state index in [-0.39, 0.29) is 23.9 Å². The largest absolute Gasteiger partial charge is 0.397 e. The van der Waals surface area contributed by atoms with Gasteiger partial charge in [-0.15, -0.1) is 0 Å². The van der Waals surface area contributed by atoms with Gasteiger partial charge in [0, 0.05) is 19.0 Å². The summed E-state index contributed by atoms with van der Waals surface area (Å²) in [5.74, 6) is 0.631. The zero-order chi connectivity index (χ0) is 39.5. The Balaban J connectivity index is 0. The Morgan fingerprint density at radius 3 is 1.54 bits per heavy atom. The van der Waals surface area contributed by atoms with Crippen molar-refractivity contribution in [3.8, 4) is 0 Å². The molecule has 0 fully saturated rings. The number of Topliss-reactive ketones (excluding diaryl/α,β-unsaturated/α-hetero) is 1. The summed E-state index contributed by atoms with van der Waals surface area (Å²) in [4.78, 5) is 30.9. The second kappa shape index (κ2) is 36.6. The van der Waals surface area contributed by atoms with Gasteiger partial charge in [-0.05, 0) is 71.1 Å². The maximum Gasteiger partial charge on any atom is 0.397 e. The summed E-state index contributed by atoms with van der Waals surface area (Å²) >= 11 is 0. The lowest BCUT2D eigenvalue weighted by molar-refractivity contribution is -0.126. The third kappa shape index (κ3) is 31.2. The fourth-order valence-electron chi connectivity index (χ4n) is 6.56. The fraction of sp³-hybridized carbons (Fsp3) is 0.837. The first-order valence-electron chi connectivity index (χ1n) is 21.5. The second-order valence-electron chi connectivity index (χ2n) is 15.1. The zero-order valence-corrected chi connectivity index (χ0v) is 36.3. The number of amides is 1. The molecule has 1 heterocycles. The molecule has 54 heavy (non-hydrogen) atoms. The molecule has 0 aliphatic carbocycles. The SMILES string of the molecule is CCCCCCCC/C=C\CCCCCCCC(=O)NC(C)C(C)(CCCCCC/C=C\CCCCCCCC)C(=O)C1=NCCN1.COS(=O)(=O)O.N. The van der Waals surface area contributed by atoms with E-state index in [1.807, 2.05) is 13.8 Å². The van der Waals surface area contributed by atoms with Gasteiger partial charge in [0.05, 0.1) is 19.1 Å². The Labute approximate surface area is 332 Å². The number of nitrogens with zero attached hydrogens (tertiary/aromatic N) is 1. The van der Waals surface area contributed by atoms with Crippen molar-refractivity contribution in [2.24, 2.45) is 10.4 Å². The van der Waals surface area contributed by atoms with Crippen LogP contribution in [-0.4, -0.2) is 56.7 Å². The summed E-state index contributed by atoms with van der Waals surface area (Å²) in [5, 5.41) is 6.39. The molecule has 0 aromatic rings. The number of carbonyl (C=O) groups excluding carboxylic acids is 2. The molecule has 318 valence electrons. The van der Waals surface area contributed by atoms with Crippen molar-refractivity contribution in [1.29, 1.82) is 0 Å². The number of rotatable bonds is 34. The lowest BCUT2D eigenvalue weighted by Crippen LogP contribution is -2.52. The normalized spacial score (nSPS) is 14.5. The number of amidine groups is 1. The molecule has 0 aromatic heterocycles. The maximum atomic E-state index is 13.6. The van der Waals surface area contributed by atoms with Crippen LogP contribution < -0.4 is 16.8 Å². The van der Waals surface area contributed by atoms with Crippen molar-refractivity contribution >= 4 is 27.9 Å². The minimum atomic E-state index is -4.16. The number of carbonyl (C=O) groups is 2. The zero-order valence-electron chi connectivity index (χ0n) is 35.4. The van der Waals surface area contributed by atoms with E-state index < -0.39 is 15.8 Å². The van der Waals surface area contributed by atoms with E-state index in [9.17, 15) is 18.0 Å². The molecule has 1 amide bonds. The molecule has 0 saturated carbocycles. The fourth-order valence-corrected chi connectivity index (χ4v) is 6.56. The first-order chi connectivity index (χ1) is 25.5. The highest BCUT2D eigenvalue weighted by molar-refractivity contribution is 7.80. The van der Waals surface area contributed by atoms with Crippen molar-refractivity contribution in [2.45, 2.75) is 207 Å². The molecule has 0 bridgehead atoms. The van der Waals surface area contributed by atoms with Crippen LogP contribution in [0.5, 0.6) is 0 Å². The van der Waals surface area contributed by atoms with Crippen molar-refractivity contribution in [1.82, 2.24) is 16.8 Å². The molecule has 10 nitrogen and oxygen atoms in total. The van der Waals surface area contributed by atoms with E-state index in [0.717, 1.165) is 52.2 Å². The summed E-state index contributed by atoms with van der Waals surface area (Å²) in [6.07, 6.45) is 42.0. The van der Waals surface area contributed by atoms with E-state index in [0.29, 0.717) is 18.8 Å². The summed E-state index contributed by atoms with van der Waals surface area (Å²) in [5.41, 5.74) is -0.647. The maximum absolute atomic E-state index is 13.6. The predicted octanol–water partition coefficient (Wildman–Crippen LogP) is 11.4. The highest BCUT2D eigenvalue weighted by Crippen LogP contribution is 2.31. The van der Waals surface area contributed by atoms with Crippen LogP contribution in [0.2, 0.25) is 0 Å². The first kappa shape index (κ1) is 54.0. The van der Waals surface area contributed by atoms with Crippen LogP contribution in [0.25, 0.3) is 0 Å². The van der Waals surface area contributed by atoms with E-state index in [1.54, 1.807) is 0 Å². The lowest BCUT2D eigenvalue weighted by Gasteiger charge is -2.35. The summed E-state index contributed by atoms with van der Waals surface area (Å²) < 4.78 is 29.7. The molecule has 1 aliphatic rings. The summed E-state index contributed by atoms with van der Waals surface area (Å²) in [7, 11) is -3.29. The van der Waals surface area contributed by atoms with Gasteiger partial charge in [-0.25, -0.2) is 0 Å². The summed E-state index contributed by atoms with van der Waals surface area (Å²) in [6.45, 7) is 9.97. The Kier molecular flexibility index (Phi) is 36.6. The highest BCUT2D eigenvalue weighted by atomic mass is 32.3. The number of nitrogens with one attached hydrogen (secondary N) is 2. The monoisotopic (exact) mass is 785 g/mol. The van der Waals surface area contributed by atoms with Crippen LogP contribution in [0, 0.1) is 5.41 Å². The van der Waals surface area contributed by atoms with Crippen LogP contribution in [-0.2, 0) is 24.2 Å². The van der Waals surface area contributed by atoms with Crippen molar-refractivity contribution < 1.29 is 26.7 Å². The number of hydrogen-bond acceptors (Lipinski definition) is 8. The van der Waals surface area contributed by atoms with Crippen LogP contribution >= 0.6 is 0 Å². The van der Waals surface area contributed by atoms with E-state index in [1.165, 1.54) is 128 Å². The molecule has 0 radical (unpaired) electrons. The molecule has 2 unspecified atom stereocenters. The van der Waals surface area contributed by atoms with Crippen LogP contribution in [0.3, 0.4) is 0 Å². The van der Waals surface area contributed by atoms with Gasteiger partial charge >= 0.3 is 10.4 Å². The van der Waals surface area contributed by atoms with Crippen LogP contribution in [0.4, 0.5) is 0 Å². The Hall–Kier alpha value is -2.08. The van der Waals surface area contributed by atoms with Crippen LogP contribution in [0.1, 0.15) is 201 Å². The minimum Gasteiger partial charge on any atom is -0.366 e. The Morgan fingerprint density at radius 1 is 0.759 bits per heavy atom. The number of hydrogen-bond donors (Lipinski definition) is 4. The van der Waals surface area contributed by atoms with E-state index in [4.69, 9.17) is 4.55 Å². The van der Waals surface area contributed by atoms with Gasteiger partial charge in [0.25, 0.3) is 0 Å². The molecular formula is C43H84N4O6S. The van der Waals surface area contributed by atoms with Gasteiger partial charge in [-0.2, -0.15) is 8.42 Å². The first-order valence-corrected chi connectivity index (χ1v) is 22.8. The van der Waals surface area contributed by atoms with Gasteiger partial charge in [0.15, 0.2) is 5.84 Å². The molecular weight excluding hydrogens is 701 g/mol. The molecule has 2 atom stereocenters. The average molecular weight is 785 g/mol. The lowest BCUT2D eigenvalue weighted by atomic mass is 9.74. The molecule has 11 heteroatoms. The van der Waals surface area contributed by atoms with E-state index in [2.05, 4.69) is 58.0 Å². The topological polar surface area (TPSA) is 169 Å². The third-order valence-electron chi connectivity index (χ3n) is 10.3. The van der Waals surface area contributed by atoms with Gasteiger partial charge in [-0.1, -0.05) is 148 Å². The van der Waals surface area contributed by atoms with Crippen LogP contribution in [0.15, 0.2) is 29.3 Å². The Morgan fingerprint density at radius 2 is 1.15 bits per heavy atom. The van der Waals surface area contributed by atoms with Gasteiger partial charge < -0.3 is 16.8 Å².